The van der Waals surface area contributed by atoms with Gasteiger partial charge in [0, 0.05) is 12.2 Å². The molecule has 5 nitrogen and oxygen atoms in total. The van der Waals surface area contributed by atoms with E-state index in [1.54, 1.807) is 0 Å². The minimum Gasteiger partial charge on any atom is -0.494 e. The number of halogens is 1. The van der Waals surface area contributed by atoms with Crippen LogP contribution < -0.4 is 15.2 Å². The lowest BCUT2D eigenvalue weighted by molar-refractivity contribution is 0.298. The zero-order valence-electron chi connectivity index (χ0n) is 18.4. The Balaban J connectivity index is 0.00000480. The quantitative estimate of drug-likeness (QED) is 0.179. The van der Waals surface area contributed by atoms with Gasteiger partial charge in [0.15, 0.2) is 0 Å². The number of benzene rings is 2. The summed E-state index contributed by atoms with van der Waals surface area (Å²) in [5, 5.41) is 16.3. The number of hydrogen-bond acceptors (Lipinski definition) is 4. The summed E-state index contributed by atoms with van der Waals surface area (Å²) in [6.45, 7) is 1.69. The van der Waals surface area contributed by atoms with Gasteiger partial charge in [0.25, 0.3) is 0 Å². The lowest BCUT2D eigenvalue weighted by Gasteiger charge is -2.08. The first-order valence-electron chi connectivity index (χ1n) is 11.1. The molecule has 0 aliphatic heterocycles. The number of nitrogen functional groups attached to an aromatic ring is 1. The summed E-state index contributed by atoms with van der Waals surface area (Å²) in [4.78, 5) is 0. The number of amidine groups is 1. The molecule has 0 spiro atoms. The predicted octanol–water partition coefficient (Wildman–Crippen LogP) is 5.51. The first kappa shape index (κ1) is 26.8. The van der Waals surface area contributed by atoms with E-state index >= 15 is 0 Å². The number of nitrogens with two attached hydrogens (primary N) is 1. The van der Waals surface area contributed by atoms with Crippen LogP contribution in [0, 0.1) is 5.41 Å². The SMILES string of the molecule is Cl.N=C(N)c1ccc(OCCCCCCCCCCOc2ccc(CCO)cc2)cc1. The third-order valence-electron chi connectivity index (χ3n) is 5.07. The molecular weight excluding hydrogens is 412 g/mol. The summed E-state index contributed by atoms with van der Waals surface area (Å²) >= 11 is 0. The molecule has 0 aromatic heterocycles. The molecule has 0 aliphatic carbocycles. The van der Waals surface area contributed by atoms with Gasteiger partial charge in [0.2, 0.25) is 0 Å². The van der Waals surface area contributed by atoms with Crippen molar-refractivity contribution in [3.05, 3.63) is 59.7 Å². The summed E-state index contributed by atoms with van der Waals surface area (Å²) < 4.78 is 11.5. The molecule has 172 valence electrons. The summed E-state index contributed by atoms with van der Waals surface area (Å²) in [7, 11) is 0. The number of rotatable bonds is 16. The number of ether oxygens (including phenoxy) is 2. The third-order valence-corrected chi connectivity index (χ3v) is 5.07. The molecule has 0 heterocycles. The van der Waals surface area contributed by atoms with Crippen LogP contribution in [0.4, 0.5) is 0 Å². The predicted molar refractivity (Wildman–Crippen MR) is 130 cm³/mol. The maximum Gasteiger partial charge on any atom is 0.122 e. The molecule has 4 N–H and O–H groups in total. The number of aliphatic hydroxyl groups is 1. The second-order valence-corrected chi connectivity index (χ2v) is 7.58. The molecular formula is C25H37ClN2O3. The Kier molecular flexibility index (Phi) is 14.2. The van der Waals surface area contributed by atoms with E-state index in [4.69, 9.17) is 25.7 Å². The van der Waals surface area contributed by atoms with Gasteiger partial charge in [-0.25, -0.2) is 0 Å². The molecule has 0 radical (unpaired) electrons. The normalized spacial score (nSPS) is 10.4. The van der Waals surface area contributed by atoms with E-state index in [9.17, 15) is 0 Å². The average molecular weight is 449 g/mol. The van der Waals surface area contributed by atoms with Crippen LogP contribution in [-0.4, -0.2) is 30.8 Å². The van der Waals surface area contributed by atoms with Crippen LogP contribution in [0.5, 0.6) is 11.5 Å². The largest absolute Gasteiger partial charge is 0.494 e. The van der Waals surface area contributed by atoms with Crippen molar-refractivity contribution in [3.63, 3.8) is 0 Å². The van der Waals surface area contributed by atoms with Gasteiger partial charge >= 0.3 is 0 Å². The topological polar surface area (TPSA) is 88.6 Å². The Morgan fingerprint density at radius 2 is 1.13 bits per heavy atom. The van der Waals surface area contributed by atoms with Gasteiger partial charge < -0.3 is 20.3 Å². The molecule has 0 unspecified atom stereocenters. The van der Waals surface area contributed by atoms with Crippen molar-refractivity contribution < 1.29 is 14.6 Å². The second kappa shape index (κ2) is 16.5. The summed E-state index contributed by atoms with van der Waals surface area (Å²) in [5.74, 6) is 1.83. The van der Waals surface area contributed by atoms with Crippen LogP contribution in [0.2, 0.25) is 0 Å². The fourth-order valence-corrected chi connectivity index (χ4v) is 3.26. The molecule has 2 rings (SSSR count). The number of nitrogens with one attached hydrogen (secondary N) is 1. The van der Waals surface area contributed by atoms with Gasteiger partial charge in [0.1, 0.15) is 17.3 Å². The fourth-order valence-electron chi connectivity index (χ4n) is 3.26. The monoisotopic (exact) mass is 448 g/mol. The molecule has 0 bridgehead atoms. The molecule has 0 aliphatic rings. The Hall–Kier alpha value is -2.24. The zero-order valence-corrected chi connectivity index (χ0v) is 19.2. The van der Waals surface area contributed by atoms with Crippen molar-refractivity contribution in [1.29, 1.82) is 5.41 Å². The molecule has 0 atom stereocenters. The molecule has 0 fully saturated rings. The first-order chi connectivity index (χ1) is 14.7. The number of hydrogen-bond donors (Lipinski definition) is 3. The second-order valence-electron chi connectivity index (χ2n) is 7.58. The minimum atomic E-state index is 0. The highest BCUT2D eigenvalue weighted by atomic mass is 35.5. The van der Waals surface area contributed by atoms with E-state index in [1.165, 1.54) is 38.5 Å². The Morgan fingerprint density at radius 3 is 1.55 bits per heavy atom. The number of aliphatic hydroxyl groups excluding tert-OH is 1. The zero-order chi connectivity index (χ0) is 21.4. The molecule has 6 heteroatoms. The Labute approximate surface area is 192 Å². The van der Waals surface area contributed by atoms with Crippen molar-refractivity contribution in [2.75, 3.05) is 19.8 Å². The lowest BCUT2D eigenvalue weighted by Crippen LogP contribution is -2.10. The molecule has 0 saturated carbocycles. The fraction of sp³-hybridized carbons (Fsp3) is 0.480. The highest BCUT2D eigenvalue weighted by Gasteiger charge is 1.99. The van der Waals surface area contributed by atoms with Crippen molar-refractivity contribution in [3.8, 4) is 11.5 Å². The van der Waals surface area contributed by atoms with E-state index in [1.807, 2.05) is 48.5 Å². The van der Waals surface area contributed by atoms with E-state index in [2.05, 4.69) is 0 Å². The highest BCUT2D eigenvalue weighted by molar-refractivity contribution is 5.94. The molecule has 0 saturated heterocycles. The van der Waals surface area contributed by atoms with Crippen molar-refractivity contribution >= 4 is 18.2 Å². The van der Waals surface area contributed by atoms with Gasteiger partial charge in [-0.1, -0.05) is 50.7 Å². The van der Waals surface area contributed by atoms with E-state index < -0.39 is 0 Å². The number of unbranched alkanes of at least 4 members (excludes halogenated alkanes) is 7. The standard InChI is InChI=1S/C25H36N2O3.ClH/c26-25(27)22-11-15-24(16-12-22)30-20-8-6-4-2-1-3-5-7-19-29-23-13-9-21(10-14-23)17-18-28;/h9-16,28H,1-8,17-20H2,(H3,26,27);1H. The van der Waals surface area contributed by atoms with Crippen LogP contribution in [-0.2, 0) is 6.42 Å². The van der Waals surface area contributed by atoms with Crippen LogP contribution in [0.15, 0.2) is 48.5 Å². The van der Waals surface area contributed by atoms with Crippen LogP contribution >= 0.6 is 12.4 Å². The summed E-state index contributed by atoms with van der Waals surface area (Å²) in [5.41, 5.74) is 7.31. The Bertz CT molecular complexity index is 721. The smallest absolute Gasteiger partial charge is 0.122 e. The van der Waals surface area contributed by atoms with Crippen molar-refractivity contribution in [2.24, 2.45) is 5.73 Å². The Morgan fingerprint density at radius 1 is 0.710 bits per heavy atom. The van der Waals surface area contributed by atoms with Crippen molar-refractivity contribution in [1.82, 2.24) is 0 Å². The lowest BCUT2D eigenvalue weighted by atomic mass is 10.1. The average Bonchev–Trinajstić information content (AvgIpc) is 2.76. The van der Waals surface area contributed by atoms with E-state index in [0.29, 0.717) is 6.42 Å². The summed E-state index contributed by atoms with van der Waals surface area (Å²) in [6.07, 6.45) is 10.3. The summed E-state index contributed by atoms with van der Waals surface area (Å²) in [6, 6.07) is 15.4. The first-order valence-corrected chi connectivity index (χ1v) is 11.1. The minimum absolute atomic E-state index is 0. The highest BCUT2D eigenvalue weighted by Crippen LogP contribution is 2.15. The van der Waals surface area contributed by atoms with E-state index in [-0.39, 0.29) is 24.8 Å². The third kappa shape index (κ3) is 11.7. The van der Waals surface area contributed by atoms with Crippen LogP contribution in [0.3, 0.4) is 0 Å². The van der Waals surface area contributed by atoms with Gasteiger partial charge in [-0.05, 0) is 61.2 Å². The van der Waals surface area contributed by atoms with E-state index in [0.717, 1.165) is 48.7 Å². The van der Waals surface area contributed by atoms with Crippen LogP contribution in [0.25, 0.3) is 0 Å². The van der Waals surface area contributed by atoms with Gasteiger partial charge in [-0.15, -0.1) is 12.4 Å². The van der Waals surface area contributed by atoms with Crippen LogP contribution in [0.1, 0.15) is 62.5 Å². The molecule has 2 aromatic carbocycles. The maximum atomic E-state index is 8.92. The molecule has 2 aromatic rings. The molecule has 31 heavy (non-hydrogen) atoms. The van der Waals surface area contributed by atoms with Gasteiger partial charge in [0.05, 0.1) is 13.2 Å². The van der Waals surface area contributed by atoms with Gasteiger partial charge in [-0.3, -0.25) is 5.41 Å². The molecule has 0 amide bonds. The maximum absolute atomic E-state index is 8.92. The van der Waals surface area contributed by atoms with Gasteiger partial charge in [-0.2, -0.15) is 0 Å². The van der Waals surface area contributed by atoms with Crippen molar-refractivity contribution in [2.45, 2.75) is 57.8 Å².